The van der Waals surface area contributed by atoms with Crippen molar-refractivity contribution in [1.82, 2.24) is 9.88 Å². The summed E-state index contributed by atoms with van der Waals surface area (Å²) >= 11 is 0. The van der Waals surface area contributed by atoms with Gasteiger partial charge in [-0.05, 0) is 44.3 Å². The van der Waals surface area contributed by atoms with Crippen molar-refractivity contribution < 1.29 is 0 Å². The number of pyridine rings is 1. The van der Waals surface area contributed by atoms with Gasteiger partial charge in [-0.2, -0.15) is 5.26 Å². The van der Waals surface area contributed by atoms with Crippen LogP contribution < -0.4 is 0 Å². The molecule has 0 N–H and O–H groups in total. The second-order valence-electron chi connectivity index (χ2n) is 5.10. The fourth-order valence-corrected chi connectivity index (χ4v) is 2.70. The van der Waals surface area contributed by atoms with Crippen molar-refractivity contribution in [3.8, 4) is 6.07 Å². The lowest BCUT2D eigenvalue weighted by Gasteiger charge is -2.20. The number of hydrogen-bond donors (Lipinski definition) is 0. The van der Waals surface area contributed by atoms with Crippen LogP contribution in [0.2, 0.25) is 0 Å². The van der Waals surface area contributed by atoms with Gasteiger partial charge in [0.15, 0.2) is 0 Å². The smallest absolute Gasteiger partial charge is 0.144 e. The van der Waals surface area contributed by atoms with Gasteiger partial charge in [-0.25, -0.2) is 4.98 Å². The zero-order valence-electron chi connectivity index (χ0n) is 11.1. The van der Waals surface area contributed by atoms with Gasteiger partial charge in [-0.1, -0.05) is 19.4 Å². The van der Waals surface area contributed by atoms with Gasteiger partial charge in [0, 0.05) is 18.3 Å². The molecule has 0 aliphatic carbocycles. The van der Waals surface area contributed by atoms with Gasteiger partial charge in [0.1, 0.15) is 11.8 Å². The molecule has 0 amide bonds. The third-order valence-corrected chi connectivity index (χ3v) is 3.91. The molecule has 3 heteroatoms. The summed E-state index contributed by atoms with van der Waals surface area (Å²) in [5.41, 5.74) is 1.64. The summed E-state index contributed by atoms with van der Waals surface area (Å²) in [6.07, 6.45) is 6.91. The molecule has 1 aromatic rings. The fraction of sp³-hybridized carbons (Fsp3) is 0.600. The van der Waals surface area contributed by atoms with Gasteiger partial charge in [-0.15, -0.1) is 0 Å². The Kier molecular flexibility index (Phi) is 4.72. The van der Waals surface area contributed by atoms with Crippen LogP contribution >= 0.6 is 0 Å². The van der Waals surface area contributed by atoms with Crippen LogP contribution in [-0.4, -0.2) is 23.0 Å². The first kappa shape index (κ1) is 13.0. The van der Waals surface area contributed by atoms with Gasteiger partial charge in [-0.3, -0.25) is 4.90 Å². The molecule has 3 nitrogen and oxygen atoms in total. The zero-order chi connectivity index (χ0) is 12.8. The Bertz CT molecular complexity index is 422. The number of aromatic nitrogens is 1. The van der Waals surface area contributed by atoms with Crippen LogP contribution in [0.25, 0.3) is 0 Å². The first-order valence-electron chi connectivity index (χ1n) is 6.89. The average Bonchev–Trinajstić information content (AvgIpc) is 2.64. The van der Waals surface area contributed by atoms with Gasteiger partial charge < -0.3 is 0 Å². The first-order chi connectivity index (χ1) is 8.83. The van der Waals surface area contributed by atoms with Crippen LogP contribution in [0.5, 0.6) is 0 Å². The highest BCUT2D eigenvalue weighted by atomic mass is 15.1. The van der Waals surface area contributed by atoms with E-state index in [0.717, 1.165) is 31.1 Å². The minimum atomic E-state index is 0.578. The van der Waals surface area contributed by atoms with E-state index in [4.69, 9.17) is 5.26 Å². The average molecular weight is 243 g/mol. The molecule has 0 bridgehead atoms. The molecule has 1 fully saturated rings. The van der Waals surface area contributed by atoms with E-state index >= 15 is 0 Å². The lowest BCUT2D eigenvalue weighted by Crippen LogP contribution is -2.24. The van der Waals surface area contributed by atoms with E-state index in [2.05, 4.69) is 22.9 Å². The number of hydrogen-bond acceptors (Lipinski definition) is 3. The Morgan fingerprint density at radius 2 is 2.33 bits per heavy atom. The second-order valence-corrected chi connectivity index (χ2v) is 5.10. The summed E-state index contributed by atoms with van der Waals surface area (Å²) in [6.45, 7) is 5.46. The molecule has 1 aliphatic rings. The van der Waals surface area contributed by atoms with Crippen molar-refractivity contribution in [3.63, 3.8) is 0 Å². The van der Waals surface area contributed by atoms with Crippen molar-refractivity contribution in [2.24, 2.45) is 5.92 Å². The highest BCUT2D eigenvalue weighted by Crippen LogP contribution is 2.21. The zero-order valence-corrected chi connectivity index (χ0v) is 11.1. The summed E-state index contributed by atoms with van der Waals surface area (Å²) in [7, 11) is 0. The van der Waals surface area contributed by atoms with E-state index in [-0.39, 0.29) is 0 Å². The molecule has 0 spiro atoms. The molecule has 2 rings (SSSR count). The van der Waals surface area contributed by atoms with Crippen molar-refractivity contribution in [2.45, 2.75) is 39.2 Å². The minimum absolute atomic E-state index is 0.578. The Hall–Kier alpha value is -1.40. The van der Waals surface area contributed by atoms with Gasteiger partial charge >= 0.3 is 0 Å². The third kappa shape index (κ3) is 3.30. The molecule has 96 valence electrons. The van der Waals surface area contributed by atoms with Crippen LogP contribution in [0.4, 0.5) is 0 Å². The van der Waals surface area contributed by atoms with E-state index in [1.165, 1.54) is 25.7 Å². The van der Waals surface area contributed by atoms with Crippen LogP contribution in [-0.2, 0) is 6.54 Å². The molecule has 1 unspecified atom stereocenters. The second kappa shape index (κ2) is 6.51. The topological polar surface area (TPSA) is 39.9 Å². The summed E-state index contributed by atoms with van der Waals surface area (Å²) in [4.78, 5) is 6.60. The molecule has 0 saturated carbocycles. The molecule has 1 saturated heterocycles. The lowest BCUT2D eigenvalue weighted by molar-refractivity contribution is 0.271. The maximum absolute atomic E-state index is 9.05. The Labute approximate surface area is 109 Å². The Balaban J connectivity index is 1.99. The Morgan fingerprint density at radius 1 is 1.44 bits per heavy atom. The molecule has 1 aromatic heterocycles. The van der Waals surface area contributed by atoms with Gasteiger partial charge in [0.25, 0.3) is 0 Å². The molecular weight excluding hydrogens is 222 g/mol. The number of nitrogens with zero attached hydrogens (tertiary/aromatic N) is 3. The van der Waals surface area contributed by atoms with Crippen LogP contribution in [0.15, 0.2) is 18.3 Å². The van der Waals surface area contributed by atoms with Crippen molar-refractivity contribution in [3.05, 3.63) is 29.6 Å². The molecule has 1 aliphatic heterocycles. The monoisotopic (exact) mass is 243 g/mol. The maximum Gasteiger partial charge on any atom is 0.144 e. The molecule has 1 atom stereocenters. The van der Waals surface area contributed by atoms with Gasteiger partial charge in [0.05, 0.1) is 0 Å². The summed E-state index contributed by atoms with van der Waals surface area (Å²) in [5, 5.41) is 9.05. The minimum Gasteiger partial charge on any atom is -0.299 e. The van der Waals surface area contributed by atoms with Crippen LogP contribution in [0, 0.1) is 17.2 Å². The fourth-order valence-electron chi connectivity index (χ4n) is 2.70. The number of nitriles is 1. The summed E-state index contributed by atoms with van der Waals surface area (Å²) in [5.74, 6) is 0.888. The predicted molar refractivity (Wildman–Crippen MR) is 71.9 cm³/mol. The van der Waals surface area contributed by atoms with E-state index < -0.39 is 0 Å². The standard InChI is InChI=1S/C15H21N3/c1-2-13-5-4-9-18(10-7-13)12-14-6-3-8-17-15(14)11-16/h3,6,8,13H,2,4-5,7,9-10,12H2,1H3. The molecule has 2 heterocycles. The quantitative estimate of drug-likeness (QED) is 0.819. The molecule has 18 heavy (non-hydrogen) atoms. The molecular formula is C15H21N3. The van der Waals surface area contributed by atoms with E-state index in [0.29, 0.717) is 5.69 Å². The van der Waals surface area contributed by atoms with Gasteiger partial charge in [0.2, 0.25) is 0 Å². The highest BCUT2D eigenvalue weighted by molar-refractivity contribution is 5.30. The van der Waals surface area contributed by atoms with Crippen LogP contribution in [0.1, 0.15) is 43.9 Å². The number of rotatable bonds is 3. The SMILES string of the molecule is CCC1CCCN(Cc2cccnc2C#N)CC1. The van der Waals surface area contributed by atoms with E-state index in [9.17, 15) is 0 Å². The number of likely N-dealkylation sites (tertiary alicyclic amines) is 1. The van der Waals surface area contributed by atoms with E-state index in [1.807, 2.05) is 12.1 Å². The summed E-state index contributed by atoms with van der Waals surface area (Å²) in [6, 6.07) is 6.12. The van der Waals surface area contributed by atoms with Crippen LogP contribution in [0.3, 0.4) is 0 Å². The summed E-state index contributed by atoms with van der Waals surface area (Å²) < 4.78 is 0. The third-order valence-electron chi connectivity index (χ3n) is 3.91. The Morgan fingerprint density at radius 3 is 3.11 bits per heavy atom. The normalized spacial score (nSPS) is 21.2. The largest absolute Gasteiger partial charge is 0.299 e. The lowest BCUT2D eigenvalue weighted by atomic mass is 9.98. The van der Waals surface area contributed by atoms with Crippen molar-refractivity contribution in [2.75, 3.05) is 13.1 Å². The van der Waals surface area contributed by atoms with E-state index in [1.54, 1.807) is 6.20 Å². The molecule has 0 radical (unpaired) electrons. The highest BCUT2D eigenvalue weighted by Gasteiger charge is 2.16. The predicted octanol–water partition coefficient (Wildman–Crippen LogP) is 2.97. The molecule has 0 aromatic carbocycles. The van der Waals surface area contributed by atoms with Crippen molar-refractivity contribution >= 4 is 0 Å². The first-order valence-corrected chi connectivity index (χ1v) is 6.89. The maximum atomic E-state index is 9.05. The van der Waals surface area contributed by atoms with Crippen molar-refractivity contribution in [1.29, 1.82) is 5.26 Å².